The summed E-state index contributed by atoms with van der Waals surface area (Å²) in [6, 6.07) is 23.5. The molecule has 1 aromatic heterocycles. The minimum Gasteiger partial charge on any atom is -0.460 e. The van der Waals surface area contributed by atoms with Crippen LogP contribution >= 0.6 is 11.8 Å². The molecule has 1 unspecified atom stereocenters. The number of hydrogen-bond donors (Lipinski definition) is 0. The van der Waals surface area contributed by atoms with Crippen molar-refractivity contribution in [2.75, 3.05) is 54.3 Å². The van der Waals surface area contributed by atoms with E-state index in [0.29, 0.717) is 49.3 Å². The number of amides is 1. The molecule has 0 saturated carbocycles. The number of hydrogen-bond acceptors (Lipinski definition) is 8. The summed E-state index contributed by atoms with van der Waals surface area (Å²) in [5, 5.41) is 0.556. The van der Waals surface area contributed by atoms with Gasteiger partial charge >= 0.3 is 5.97 Å². The predicted molar refractivity (Wildman–Crippen MR) is 178 cm³/mol. The number of furan rings is 1. The number of ether oxygens (including phenoxy) is 1. The third-order valence-electron chi connectivity index (χ3n) is 8.29. The Morgan fingerprint density at radius 1 is 0.978 bits per heavy atom. The Bertz CT molecular complexity index is 1760. The van der Waals surface area contributed by atoms with Gasteiger partial charge in [0.25, 0.3) is 10.0 Å². The molecule has 2 aliphatic heterocycles. The summed E-state index contributed by atoms with van der Waals surface area (Å²) >= 11 is 1.75. The molecule has 3 heterocycles. The van der Waals surface area contributed by atoms with Crippen LogP contribution < -0.4 is 9.21 Å². The Morgan fingerprint density at radius 3 is 2.47 bits per heavy atom. The normalized spacial score (nSPS) is 17.0. The Morgan fingerprint density at radius 2 is 1.73 bits per heavy atom. The Hall–Kier alpha value is -3.96. The van der Waals surface area contributed by atoms with Crippen LogP contribution in [0.5, 0.6) is 0 Å². The zero-order chi connectivity index (χ0) is 31.4. The number of nitrogens with zero attached hydrogens (tertiary/aromatic N) is 3. The maximum absolute atomic E-state index is 14.5. The molecule has 1 atom stereocenters. The number of benzene rings is 3. The van der Waals surface area contributed by atoms with Crippen LogP contribution in [-0.4, -0.2) is 75.5 Å². The average Bonchev–Trinajstić information content (AvgIpc) is 3.76. The fourth-order valence-electron chi connectivity index (χ4n) is 5.94. The van der Waals surface area contributed by atoms with Crippen LogP contribution in [0.15, 0.2) is 88.2 Å². The molecule has 1 amide bonds. The van der Waals surface area contributed by atoms with Crippen molar-refractivity contribution in [1.29, 1.82) is 0 Å². The van der Waals surface area contributed by atoms with Crippen LogP contribution in [0.25, 0.3) is 11.0 Å². The van der Waals surface area contributed by atoms with E-state index in [2.05, 4.69) is 4.90 Å². The number of thioether (sulfide) groups is 1. The number of rotatable bonds is 10. The highest BCUT2D eigenvalue weighted by atomic mass is 32.2. The van der Waals surface area contributed by atoms with Gasteiger partial charge in [0.15, 0.2) is 0 Å². The van der Waals surface area contributed by atoms with E-state index in [1.54, 1.807) is 30.8 Å². The molecule has 2 saturated heterocycles. The molecule has 45 heavy (non-hydrogen) atoms. The van der Waals surface area contributed by atoms with E-state index in [-0.39, 0.29) is 35.0 Å². The number of carbonyl (C=O) groups is 2. The molecule has 2 aliphatic rings. The lowest BCUT2D eigenvalue weighted by atomic mass is 10.1. The van der Waals surface area contributed by atoms with Gasteiger partial charge in [0.1, 0.15) is 5.58 Å². The van der Waals surface area contributed by atoms with Gasteiger partial charge in [-0.15, -0.1) is 11.8 Å². The summed E-state index contributed by atoms with van der Waals surface area (Å²) in [6.07, 6.45) is 2.54. The molecule has 0 radical (unpaired) electrons. The summed E-state index contributed by atoms with van der Waals surface area (Å²) in [4.78, 5) is 29.5. The fourth-order valence-corrected chi connectivity index (χ4v) is 8.70. The highest BCUT2D eigenvalue weighted by molar-refractivity contribution is 8.00. The molecular formula is C34H37N3O6S2. The second-order valence-electron chi connectivity index (χ2n) is 11.1. The van der Waals surface area contributed by atoms with Crippen molar-refractivity contribution in [2.24, 2.45) is 0 Å². The fraction of sp³-hybridized carbons (Fsp3) is 0.353. The predicted octanol–water partition coefficient (Wildman–Crippen LogP) is 5.59. The molecule has 6 rings (SSSR count). The lowest BCUT2D eigenvalue weighted by Gasteiger charge is -2.39. The first-order chi connectivity index (χ1) is 21.8. The molecule has 0 spiro atoms. The third-order valence-corrected chi connectivity index (χ3v) is 11.5. The van der Waals surface area contributed by atoms with Crippen LogP contribution in [0.1, 0.15) is 35.9 Å². The van der Waals surface area contributed by atoms with E-state index >= 15 is 0 Å². The Labute approximate surface area is 268 Å². The number of fused-ring (bicyclic) bond motifs is 1. The third kappa shape index (κ3) is 6.69. The Balaban J connectivity index is 1.31. The maximum Gasteiger partial charge on any atom is 0.374 e. The van der Waals surface area contributed by atoms with Crippen LogP contribution in [-0.2, 0) is 26.0 Å². The zero-order valence-electron chi connectivity index (χ0n) is 25.3. The molecule has 0 aliphatic carbocycles. The standard InChI is InChI=1S/C34H37N3O6S2/c1-2-42-34(39)31-24-26-23-27(14-15-30(26)43-31)45(40,41)37(17-16-25-9-4-3-5-10-25)29-12-7-6-11-28(29)35-18-20-36(21-19-35)33(38)32-13-8-22-44-32/h3-7,9-12,14-15,23-24,32H,2,8,13,16-22H2,1H3. The summed E-state index contributed by atoms with van der Waals surface area (Å²) in [5.41, 5.74) is 2.82. The number of anilines is 2. The van der Waals surface area contributed by atoms with Crippen molar-refractivity contribution < 1.29 is 27.2 Å². The largest absolute Gasteiger partial charge is 0.460 e. The van der Waals surface area contributed by atoms with Crippen LogP contribution in [0.3, 0.4) is 0 Å². The smallest absolute Gasteiger partial charge is 0.374 e. The minimum atomic E-state index is -4.05. The lowest BCUT2D eigenvalue weighted by molar-refractivity contribution is -0.130. The SMILES string of the molecule is CCOC(=O)c1cc2cc(S(=O)(=O)N(CCc3ccccc3)c3ccccc3N3CCN(C(=O)C4CCCS4)CC3)ccc2o1. The van der Waals surface area contributed by atoms with Crippen LogP contribution in [0.2, 0.25) is 0 Å². The topological polar surface area (TPSA) is 100 Å². The molecule has 11 heteroatoms. The number of para-hydroxylation sites is 2. The zero-order valence-corrected chi connectivity index (χ0v) is 26.9. The maximum atomic E-state index is 14.5. The first-order valence-electron chi connectivity index (χ1n) is 15.4. The summed E-state index contributed by atoms with van der Waals surface area (Å²) < 4.78 is 41.2. The van der Waals surface area contributed by atoms with Gasteiger partial charge in [-0.2, -0.15) is 0 Å². The minimum absolute atomic E-state index is 0.0248. The van der Waals surface area contributed by atoms with Gasteiger partial charge in [-0.3, -0.25) is 9.10 Å². The second kappa shape index (κ2) is 13.6. The highest BCUT2D eigenvalue weighted by Gasteiger charge is 2.33. The molecule has 236 valence electrons. The van der Waals surface area contributed by atoms with E-state index in [1.165, 1.54) is 16.4 Å². The van der Waals surface area contributed by atoms with E-state index in [4.69, 9.17) is 9.15 Å². The van der Waals surface area contributed by atoms with Crippen LogP contribution in [0.4, 0.5) is 11.4 Å². The summed E-state index contributed by atoms with van der Waals surface area (Å²) in [6.45, 7) is 4.56. The monoisotopic (exact) mass is 647 g/mol. The molecule has 0 bridgehead atoms. The summed E-state index contributed by atoms with van der Waals surface area (Å²) in [7, 11) is -4.05. The van der Waals surface area contributed by atoms with Crippen molar-refractivity contribution in [3.05, 3.63) is 90.2 Å². The number of carbonyl (C=O) groups excluding carboxylic acids is 2. The molecule has 4 aromatic rings. The van der Waals surface area contributed by atoms with Crippen molar-refractivity contribution in [2.45, 2.75) is 36.3 Å². The highest BCUT2D eigenvalue weighted by Crippen LogP contribution is 2.36. The quantitative estimate of drug-likeness (QED) is 0.206. The number of sulfonamides is 1. The van der Waals surface area contributed by atoms with E-state index in [9.17, 15) is 18.0 Å². The summed E-state index contributed by atoms with van der Waals surface area (Å²) in [5.74, 6) is 0.687. The van der Waals surface area contributed by atoms with E-state index < -0.39 is 16.0 Å². The molecular weight excluding hydrogens is 611 g/mol. The number of piperazine rings is 1. The van der Waals surface area contributed by atoms with Gasteiger partial charge in [-0.25, -0.2) is 13.2 Å². The van der Waals surface area contributed by atoms with Gasteiger partial charge in [0, 0.05) is 38.1 Å². The van der Waals surface area contributed by atoms with Crippen molar-refractivity contribution in [3.63, 3.8) is 0 Å². The van der Waals surface area contributed by atoms with Crippen molar-refractivity contribution in [3.8, 4) is 0 Å². The van der Waals surface area contributed by atoms with Gasteiger partial charge < -0.3 is 19.0 Å². The molecule has 3 aromatic carbocycles. The number of esters is 1. The first kappa shape index (κ1) is 31.0. The van der Waals surface area contributed by atoms with E-state index in [1.807, 2.05) is 59.5 Å². The van der Waals surface area contributed by atoms with Gasteiger partial charge in [-0.05, 0) is 73.9 Å². The van der Waals surface area contributed by atoms with Gasteiger partial charge in [0.05, 0.1) is 28.1 Å². The van der Waals surface area contributed by atoms with Gasteiger partial charge in [0.2, 0.25) is 11.7 Å². The van der Waals surface area contributed by atoms with Gasteiger partial charge in [-0.1, -0.05) is 42.5 Å². The van der Waals surface area contributed by atoms with Crippen molar-refractivity contribution >= 4 is 56.0 Å². The van der Waals surface area contributed by atoms with Crippen LogP contribution in [0, 0.1) is 0 Å². The molecule has 2 fully saturated rings. The average molecular weight is 648 g/mol. The first-order valence-corrected chi connectivity index (χ1v) is 17.9. The van der Waals surface area contributed by atoms with E-state index in [0.717, 1.165) is 29.8 Å². The molecule has 0 N–H and O–H groups in total. The molecule has 9 nitrogen and oxygen atoms in total. The Kier molecular flexibility index (Phi) is 9.37. The van der Waals surface area contributed by atoms with Crippen molar-refractivity contribution in [1.82, 2.24) is 4.90 Å². The second-order valence-corrected chi connectivity index (χ2v) is 14.3. The lowest BCUT2D eigenvalue weighted by Crippen LogP contribution is -2.51.